The molecular formula is C16H23NO. The smallest absolute Gasteiger partial charge is 0.169 e. The van der Waals surface area contributed by atoms with Crippen LogP contribution >= 0.6 is 0 Å². The number of likely N-dealkylation sites (tertiary alicyclic amines) is 1. The van der Waals surface area contributed by atoms with E-state index in [-0.39, 0.29) is 11.2 Å². The Balaban J connectivity index is 2.03. The van der Waals surface area contributed by atoms with E-state index in [2.05, 4.69) is 18.7 Å². The third-order valence-electron chi connectivity index (χ3n) is 3.72. The summed E-state index contributed by atoms with van der Waals surface area (Å²) in [5, 5.41) is 0. The molecule has 0 bridgehead atoms. The Hall–Kier alpha value is -1.15. The number of nitrogens with zero attached hydrogens (tertiary/aromatic N) is 1. The monoisotopic (exact) mass is 245 g/mol. The van der Waals surface area contributed by atoms with Crippen molar-refractivity contribution >= 4 is 5.78 Å². The highest BCUT2D eigenvalue weighted by atomic mass is 16.1. The molecule has 1 fully saturated rings. The van der Waals surface area contributed by atoms with Crippen molar-refractivity contribution in [1.29, 1.82) is 0 Å². The number of piperidine rings is 1. The lowest BCUT2D eigenvalue weighted by Crippen LogP contribution is -2.41. The molecule has 18 heavy (non-hydrogen) atoms. The van der Waals surface area contributed by atoms with Crippen molar-refractivity contribution in [1.82, 2.24) is 4.90 Å². The summed E-state index contributed by atoms with van der Waals surface area (Å²) in [6.45, 7) is 7.30. The third kappa shape index (κ3) is 3.20. The average Bonchev–Trinajstić information content (AvgIpc) is 2.39. The zero-order valence-corrected chi connectivity index (χ0v) is 11.5. The van der Waals surface area contributed by atoms with E-state index in [4.69, 9.17) is 0 Å². The lowest BCUT2D eigenvalue weighted by molar-refractivity contribution is 0.0744. The number of hydrogen-bond acceptors (Lipinski definition) is 2. The van der Waals surface area contributed by atoms with Gasteiger partial charge in [-0.05, 0) is 25.9 Å². The molecule has 0 N–H and O–H groups in total. The first-order valence-corrected chi connectivity index (χ1v) is 6.92. The number of carbonyl (C=O) groups excluding carboxylic acids is 1. The van der Waals surface area contributed by atoms with Crippen LogP contribution in [0.4, 0.5) is 0 Å². The Labute approximate surface area is 110 Å². The fourth-order valence-corrected chi connectivity index (χ4v) is 2.73. The molecule has 1 aliphatic heterocycles. The van der Waals surface area contributed by atoms with Gasteiger partial charge in [0.25, 0.3) is 0 Å². The summed E-state index contributed by atoms with van der Waals surface area (Å²) in [6, 6.07) is 9.66. The molecule has 0 unspecified atom stereocenters. The largest absolute Gasteiger partial charge is 0.302 e. The zero-order valence-electron chi connectivity index (χ0n) is 11.5. The normalized spacial score (nSPS) is 17.7. The van der Waals surface area contributed by atoms with Crippen molar-refractivity contribution < 1.29 is 4.79 Å². The van der Waals surface area contributed by atoms with Gasteiger partial charge in [-0.1, -0.05) is 50.6 Å². The van der Waals surface area contributed by atoms with Crippen molar-refractivity contribution in [3.05, 3.63) is 35.9 Å². The van der Waals surface area contributed by atoms with E-state index in [1.807, 2.05) is 30.3 Å². The molecule has 98 valence electrons. The molecule has 0 atom stereocenters. The number of carbonyl (C=O) groups is 1. The van der Waals surface area contributed by atoms with Gasteiger partial charge in [-0.2, -0.15) is 0 Å². The second-order valence-corrected chi connectivity index (χ2v) is 5.92. The number of rotatable bonds is 4. The van der Waals surface area contributed by atoms with Crippen LogP contribution in [-0.4, -0.2) is 30.3 Å². The molecule has 2 nitrogen and oxygen atoms in total. The second-order valence-electron chi connectivity index (χ2n) is 5.92. The highest BCUT2D eigenvalue weighted by molar-refractivity contribution is 6.00. The van der Waals surface area contributed by atoms with E-state index in [0.29, 0.717) is 0 Å². The minimum Gasteiger partial charge on any atom is -0.302 e. The number of ketones is 1. The lowest BCUT2D eigenvalue weighted by Gasteiger charge is -2.34. The summed E-state index contributed by atoms with van der Waals surface area (Å²) < 4.78 is 0. The van der Waals surface area contributed by atoms with Crippen molar-refractivity contribution in [3.8, 4) is 0 Å². The van der Waals surface area contributed by atoms with Gasteiger partial charge in [0.2, 0.25) is 0 Å². The molecule has 2 rings (SSSR count). The Morgan fingerprint density at radius 2 is 1.72 bits per heavy atom. The van der Waals surface area contributed by atoms with Gasteiger partial charge < -0.3 is 4.90 Å². The average molecular weight is 245 g/mol. The van der Waals surface area contributed by atoms with Crippen molar-refractivity contribution in [3.63, 3.8) is 0 Å². The maximum absolute atomic E-state index is 12.5. The van der Waals surface area contributed by atoms with Gasteiger partial charge >= 0.3 is 0 Å². The molecular weight excluding hydrogens is 222 g/mol. The van der Waals surface area contributed by atoms with Crippen LogP contribution in [0.2, 0.25) is 0 Å². The van der Waals surface area contributed by atoms with Crippen LogP contribution < -0.4 is 0 Å². The van der Waals surface area contributed by atoms with Gasteiger partial charge in [0.1, 0.15) is 0 Å². The summed E-state index contributed by atoms with van der Waals surface area (Å²) in [5.41, 5.74) is 0.540. The van der Waals surface area contributed by atoms with Crippen LogP contribution in [0.1, 0.15) is 43.5 Å². The standard InChI is InChI=1S/C16H23NO/c1-16(2,13-17-11-7-4-8-12-17)15(18)14-9-5-3-6-10-14/h3,5-6,9-10H,4,7-8,11-13H2,1-2H3. The topological polar surface area (TPSA) is 20.3 Å². The van der Waals surface area contributed by atoms with Gasteiger partial charge in [0.05, 0.1) is 0 Å². The molecule has 0 radical (unpaired) electrons. The van der Waals surface area contributed by atoms with Crippen LogP contribution in [0.5, 0.6) is 0 Å². The summed E-state index contributed by atoms with van der Waals surface area (Å²) in [7, 11) is 0. The Bertz CT molecular complexity index is 391. The molecule has 0 aliphatic carbocycles. The predicted molar refractivity (Wildman–Crippen MR) is 74.8 cm³/mol. The zero-order chi connectivity index (χ0) is 13.0. The van der Waals surface area contributed by atoms with Gasteiger partial charge in [0.15, 0.2) is 5.78 Å². The van der Waals surface area contributed by atoms with E-state index in [1.165, 1.54) is 19.3 Å². The molecule has 0 spiro atoms. The summed E-state index contributed by atoms with van der Waals surface area (Å²) in [6.07, 6.45) is 3.88. The number of hydrogen-bond donors (Lipinski definition) is 0. The summed E-state index contributed by atoms with van der Waals surface area (Å²) >= 11 is 0. The minimum absolute atomic E-state index is 0.258. The van der Waals surface area contributed by atoms with E-state index in [1.54, 1.807) is 0 Å². The molecule has 2 heteroatoms. The van der Waals surface area contributed by atoms with Crippen LogP contribution in [0.25, 0.3) is 0 Å². The van der Waals surface area contributed by atoms with Crippen molar-refractivity contribution in [2.45, 2.75) is 33.1 Å². The van der Waals surface area contributed by atoms with E-state index >= 15 is 0 Å². The van der Waals surface area contributed by atoms with Crippen LogP contribution in [0.3, 0.4) is 0 Å². The molecule has 1 saturated heterocycles. The molecule has 0 aromatic heterocycles. The van der Waals surface area contributed by atoms with Crippen LogP contribution in [0, 0.1) is 5.41 Å². The maximum Gasteiger partial charge on any atom is 0.169 e. The molecule has 0 saturated carbocycles. The molecule has 1 aliphatic rings. The predicted octanol–water partition coefficient (Wildman–Crippen LogP) is 3.38. The summed E-state index contributed by atoms with van der Waals surface area (Å²) in [4.78, 5) is 14.9. The first kappa shape index (κ1) is 13.3. The maximum atomic E-state index is 12.5. The summed E-state index contributed by atoms with van der Waals surface area (Å²) in [5.74, 6) is 0.258. The lowest BCUT2D eigenvalue weighted by atomic mass is 9.83. The number of Topliss-reactive ketones (excluding diaryl/α,β-unsaturated/α-hetero) is 1. The molecule has 1 heterocycles. The molecule has 1 aromatic carbocycles. The van der Waals surface area contributed by atoms with E-state index in [0.717, 1.165) is 25.2 Å². The van der Waals surface area contributed by atoms with Gasteiger partial charge in [0, 0.05) is 17.5 Å². The Morgan fingerprint density at radius 1 is 1.11 bits per heavy atom. The third-order valence-corrected chi connectivity index (χ3v) is 3.72. The molecule has 0 amide bonds. The fraction of sp³-hybridized carbons (Fsp3) is 0.562. The quantitative estimate of drug-likeness (QED) is 0.758. The first-order chi connectivity index (χ1) is 8.59. The van der Waals surface area contributed by atoms with Crippen molar-refractivity contribution in [2.24, 2.45) is 5.41 Å². The van der Waals surface area contributed by atoms with E-state index < -0.39 is 0 Å². The van der Waals surface area contributed by atoms with Crippen molar-refractivity contribution in [2.75, 3.05) is 19.6 Å². The fourth-order valence-electron chi connectivity index (χ4n) is 2.73. The highest BCUT2D eigenvalue weighted by Crippen LogP contribution is 2.24. The Kier molecular flexibility index (Phi) is 4.18. The van der Waals surface area contributed by atoms with Gasteiger partial charge in [-0.3, -0.25) is 4.79 Å². The molecule has 1 aromatic rings. The van der Waals surface area contributed by atoms with Crippen LogP contribution in [0.15, 0.2) is 30.3 Å². The Morgan fingerprint density at radius 3 is 2.33 bits per heavy atom. The highest BCUT2D eigenvalue weighted by Gasteiger charge is 2.31. The van der Waals surface area contributed by atoms with Gasteiger partial charge in [-0.25, -0.2) is 0 Å². The SMILES string of the molecule is CC(C)(CN1CCCCC1)C(=O)c1ccccc1. The minimum atomic E-state index is -0.293. The van der Waals surface area contributed by atoms with Crippen LogP contribution in [-0.2, 0) is 0 Å². The first-order valence-electron chi connectivity index (χ1n) is 6.92. The second kappa shape index (κ2) is 5.66. The van der Waals surface area contributed by atoms with Gasteiger partial charge in [-0.15, -0.1) is 0 Å². The number of benzene rings is 1. The van der Waals surface area contributed by atoms with E-state index in [9.17, 15) is 4.79 Å².